The average Bonchev–Trinajstić information content (AvgIpc) is 2.64. The third-order valence-electron chi connectivity index (χ3n) is 4.94. The predicted octanol–water partition coefficient (Wildman–Crippen LogP) is 3.48. The van der Waals surface area contributed by atoms with E-state index in [0.29, 0.717) is 37.9 Å². The van der Waals surface area contributed by atoms with Crippen molar-refractivity contribution in [2.45, 2.75) is 52.7 Å². The molecule has 1 aromatic heterocycles. The molecule has 0 unspecified atom stereocenters. The van der Waals surface area contributed by atoms with Crippen LogP contribution in [0, 0.1) is 5.92 Å². The van der Waals surface area contributed by atoms with Gasteiger partial charge in [-0.3, -0.25) is 4.57 Å². The van der Waals surface area contributed by atoms with Crippen LogP contribution in [0.3, 0.4) is 0 Å². The molecule has 0 radical (unpaired) electrons. The van der Waals surface area contributed by atoms with Crippen molar-refractivity contribution < 1.29 is 9.53 Å². The molecule has 0 aliphatic carbocycles. The van der Waals surface area contributed by atoms with Gasteiger partial charge in [-0.2, -0.15) is 4.98 Å². The van der Waals surface area contributed by atoms with Gasteiger partial charge in [0.25, 0.3) is 0 Å². The second-order valence-electron chi connectivity index (χ2n) is 8.31. The Kier molecular flexibility index (Phi) is 5.91. The molecule has 7 heteroatoms. The molecular weight excluding hydrogens is 356 g/mol. The Morgan fingerprint density at radius 1 is 1.25 bits per heavy atom. The fraction of sp³-hybridized carbons (Fsp3) is 0.571. The summed E-state index contributed by atoms with van der Waals surface area (Å²) in [6.45, 7) is 10.2. The van der Waals surface area contributed by atoms with E-state index in [4.69, 9.17) is 4.74 Å². The summed E-state index contributed by atoms with van der Waals surface area (Å²) in [6.07, 6.45) is 1.43. The minimum atomic E-state index is -0.486. The Balaban J connectivity index is 1.73. The number of aromatic nitrogens is 2. The van der Waals surface area contributed by atoms with Gasteiger partial charge < -0.3 is 15.0 Å². The van der Waals surface area contributed by atoms with Crippen molar-refractivity contribution in [1.82, 2.24) is 14.5 Å². The second kappa shape index (κ2) is 8.20. The van der Waals surface area contributed by atoms with Crippen LogP contribution in [0.1, 0.15) is 40.5 Å². The highest BCUT2D eigenvalue weighted by Crippen LogP contribution is 2.24. The summed E-state index contributed by atoms with van der Waals surface area (Å²) in [7, 11) is 0. The SMILES string of the molecule is CCNc1nc(=O)n(CC2CCN(C(=O)OC(C)(C)C)CC2)c2ccccc12. The van der Waals surface area contributed by atoms with Crippen LogP contribution in [0.15, 0.2) is 29.1 Å². The molecule has 1 aromatic carbocycles. The van der Waals surface area contributed by atoms with Crippen LogP contribution in [-0.4, -0.2) is 45.8 Å². The number of likely N-dealkylation sites (tertiary alicyclic amines) is 1. The molecule has 0 spiro atoms. The summed E-state index contributed by atoms with van der Waals surface area (Å²) < 4.78 is 7.23. The lowest BCUT2D eigenvalue weighted by Crippen LogP contribution is -2.42. The minimum absolute atomic E-state index is 0.232. The Labute approximate surface area is 165 Å². The van der Waals surface area contributed by atoms with E-state index in [1.807, 2.05) is 52.0 Å². The molecule has 0 saturated carbocycles. The topological polar surface area (TPSA) is 76.5 Å². The largest absolute Gasteiger partial charge is 0.444 e. The summed E-state index contributed by atoms with van der Waals surface area (Å²) in [6, 6.07) is 7.86. The number of hydrogen-bond acceptors (Lipinski definition) is 5. The quantitative estimate of drug-likeness (QED) is 0.871. The van der Waals surface area contributed by atoms with E-state index < -0.39 is 5.60 Å². The van der Waals surface area contributed by atoms with Crippen molar-refractivity contribution in [2.75, 3.05) is 25.0 Å². The predicted molar refractivity (Wildman–Crippen MR) is 111 cm³/mol. The van der Waals surface area contributed by atoms with Crippen molar-refractivity contribution in [1.29, 1.82) is 0 Å². The van der Waals surface area contributed by atoms with Crippen molar-refractivity contribution in [3.8, 4) is 0 Å². The first-order valence-corrected chi connectivity index (χ1v) is 10.00. The van der Waals surface area contributed by atoms with Crippen LogP contribution < -0.4 is 11.0 Å². The molecule has 2 heterocycles. The van der Waals surface area contributed by atoms with Crippen LogP contribution in [0.2, 0.25) is 0 Å². The zero-order valence-corrected chi connectivity index (χ0v) is 17.2. The van der Waals surface area contributed by atoms with E-state index >= 15 is 0 Å². The van der Waals surface area contributed by atoms with Gasteiger partial charge in [0, 0.05) is 31.6 Å². The number of amides is 1. The molecule has 1 amide bonds. The Morgan fingerprint density at radius 2 is 1.93 bits per heavy atom. The maximum atomic E-state index is 12.7. The molecule has 1 fully saturated rings. The van der Waals surface area contributed by atoms with Crippen LogP contribution >= 0.6 is 0 Å². The highest BCUT2D eigenvalue weighted by atomic mass is 16.6. The Morgan fingerprint density at radius 3 is 2.57 bits per heavy atom. The number of piperidine rings is 1. The van der Waals surface area contributed by atoms with Gasteiger partial charge >= 0.3 is 11.8 Å². The standard InChI is InChI=1S/C21H30N4O3/c1-5-22-18-16-8-6-7-9-17(16)25(19(26)23-18)14-15-10-12-24(13-11-15)20(27)28-21(2,3)4/h6-9,15H,5,10-14H2,1-4H3,(H,22,23,26). The van der Waals surface area contributed by atoms with E-state index in [0.717, 1.165) is 23.7 Å². The van der Waals surface area contributed by atoms with Gasteiger partial charge in [-0.1, -0.05) is 12.1 Å². The molecule has 1 aliphatic heterocycles. The highest BCUT2D eigenvalue weighted by Gasteiger charge is 2.27. The zero-order valence-electron chi connectivity index (χ0n) is 17.2. The van der Waals surface area contributed by atoms with E-state index in [1.165, 1.54) is 0 Å². The first kappa shape index (κ1) is 20.2. The normalized spacial score (nSPS) is 15.6. The minimum Gasteiger partial charge on any atom is -0.444 e. The third kappa shape index (κ3) is 4.64. The van der Waals surface area contributed by atoms with E-state index in [-0.39, 0.29) is 11.8 Å². The molecule has 1 saturated heterocycles. The first-order valence-electron chi connectivity index (χ1n) is 10.00. The Hall–Kier alpha value is -2.57. The number of para-hydroxylation sites is 1. The number of nitrogens with zero attached hydrogens (tertiary/aromatic N) is 3. The number of hydrogen-bond donors (Lipinski definition) is 1. The van der Waals surface area contributed by atoms with E-state index in [1.54, 1.807) is 9.47 Å². The van der Waals surface area contributed by atoms with Crippen molar-refractivity contribution in [3.63, 3.8) is 0 Å². The maximum absolute atomic E-state index is 12.7. The fourth-order valence-corrected chi connectivity index (χ4v) is 3.59. The average molecular weight is 386 g/mol. The van der Waals surface area contributed by atoms with Crippen LogP contribution in [0.4, 0.5) is 10.6 Å². The summed E-state index contributed by atoms with van der Waals surface area (Å²) in [5.74, 6) is 0.964. The van der Waals surface area contributed by atoms with Crippen molar-refractivity contribution >= 4 is 22.8 Å². The number of rotatable bonds is 4. The molecule has 7 nitrogen and oxygen atoms in total. The van der Waals surface area contributed by atoms with E-state index in [2.05, 4.69) is 10.3 Å². The fourth-order valence-electron chi connectivity index (χ4n) is 3.59. The number of nitrogens with one attached hydrogen (secondary N) is 1. The molecule has 0 bridgehead atoms. The first-order chi connectivity index (χ1) is 13.3. The van der Waals surface area contributed by atoms with Crippen LogP contribution in [0.5, 0.6) is 0 Å². The number of anilines is 1. The number of benzene rings is 1. The zero-order chi connectivity index (χ0) is 20.3. The smallest absolute Gasteiger partial charge is 0.410 e. The molecular formula is C21H30N4O3. The lowest BCUT2D eigenvalue weighted by atomic mass is 9.96. The summed E-state index contributed by atoms with van der Waals surface area (Å²) in [5.41, 5.74) is 0.178. The molecule has 28 heavy (non-hydrogen) atoms. The van der Waals surface area contributed by atoms with Gasteiger partial charge in [0.2, 0.25) is 0 Å². The van der Waals surface area contributed by atoms with Crippen molar-refractivity contribution in [3.05, 3.63) is 34.7 Å². The lowest BCUT2D eigenvalue weighted by molar-refractivity contribution is 0.0178. The number of carbonyl (C=O) groups excluding carboxylic acids is 1. The summed E-state index contributed by atoms with van der Waals surface area (Å²) in [5, 5.41) is 4.13. The molecule has 1 aliphatic rings. The second-order valence-corrected chi connectivity index (χ2v) is 8.31. The number of ether oxygens (including phenoxy) is 1. The van der Waals surface area contributed by atoms with E-state index in [9.17, 15) is 9.59 Å². The summed E-state index contributed by atoms with van der Waals surface area (Å²) >= 11 is 0. The van der Waals surface area contributed by atoms with Gasteiger partial charge in [-0.15, -0.1) is 0 Å². The van der Waals surface area contributed by atoms with Gasteiger partial charge in [0.15, 0.2) is 0 Å². The third-order valence-corrected chi connectivity index (χ3v) is 4.94. The lowest BCUT2D eigenvalue weighted by Gasteiger charge is -2.33. The van der Waals surface area contributed by atoms with Crippen molar-refractivity contribution in [2.24, 2.45) is 5.92 Å². The molecule has 3 rings (SSSR count). The monoisotopic (exact) mass is 386 g/mol. The van der Waals surface area contributed by atoms with Gasteiger partial charge in [0.05, 0.1) is 5.52 Å². The van der Waals surface area contributed by atoms with Gasteiger partial charge in [0.1, 0.15) is 11.4 Å². The molecule has 1 N–H and O–H groups in total. The van der Waals surface area contributed by atoms with Crippen LogP contribution in [-0.2, 0) is 11.3 Å². The highest BCUT2D eigenvalue weighted by molar-refractivity contribution is 5.89. The Bertz CT molecular complexity index is 893. The van der Waals surface area contributed by atoms with Crippen LogP contribution in [0.25, 0.3) is 10.9 Å². The molecule has 152 valence electrons. The number of fused-ring (bicyclic) bond motifs is 1. The number of carbonyl (C=O) groups is 1. The van der Waals surface area contributed by atoms with Gasteiger partial charge in [-0.25, -0.2) is 9.59 Å². The van der Waals surface area contributed by atoms with Gasteiger partial charge in [-0.05, 0) is 58.6 Å². The summed E-state index contributed by atoms with van der Waals surface area (Å²) in [4.78, 5) is 30.9. The molecule has 2 aromatic rings. The maximum Gasteiger partial charge on any atom is 0.410 e. The molecule has 0 atom stereocenters.